The fraction of sp³-hybridized carbons (Fsp3) is 0.365. The van der Waals surface area contributed by atoms with Gasteiger partial charge in [-0.05, 0) is 215 Å². The Morgan fingerprint density at radius 2 is 0.792 bits per heavy atom. The summed E-state index contributed by atoms with van der Waals surface area (Å²) >= 11 is 0. The summed E-state index contributed by atoms with van der Waals surface area (Å²) < 4.78 is 104. The van der Waals surface area contributed by atoms with Gasteiger partial charge < -0.3 is 41.8 Å². The van der Waals surface area contributed by atoms with Crippen molar-refractivity contribution in [3.63, 3.8) is 0 Å². The van der Waals surface area contributed by atoms with Gasteiger partial charge in [0.1, 0.15) is 5.82 Å². The Hall–Kier alpha value is -12.1. The maximum Gasteiger partial charge on any atom is 0.416 e. The Balaban J connectivity index is 0.000000147. The minimum absolute atomic E-state index is 0.0165. The molecule has 0 saturated carbocycles. The molecule has 0 atom stereocenters. The standard InChI is InChI=1S/C22H23F3N2O2.C22H25F2N3.C21H26N2O.C20H22F3N3O.C19H23N3O/c1-2-15-6-8-17(9-7-15)21(29)27-12-10-16(11-13-27)20(28)26-19-5-3-4-18(14-19)22(23,24)25;1-15-6-7-19-20(12-15)26-21(25-19)17-8-10-27(11-9-17)14-16-4-3-5-18(13-16)22(2,23)24;1-17-6-5-9-19(14-17)15-21(24)22-20-10-12-23(13-11-20)16-18-7-3-2-4-8-18;21-20(22,23)16-7-4-8-18(13-16)25-19(27)24-17-9-11-26(12-10-17)14-15-5-2-1-3-6-15;23-19(20-17-9-5-2-6-10-17)21-18-11-13-22(14-12-18)15-16-7-3-1-4-8-16/h3-9,14,16H,2,10-13H2,1H3,(H,26,28);3-7,12-13,17H,8-11,14H2,1-2H3,(H,25,26);2-9,14,20H,10-13,15-16H2,1H3,(H,22,24);1-8,13,17H,9-12,14H2,(H2,24,25,27);1-10,18H,11-15H2,(H2,20,21,23). The van der Waals surface area contributed by atoms with Gasteiger partial charge in [0.25, 0.3) is 11.8 Å². The van der Waals surface area contributed by atoms with Gasteiger partial charge in [0, 0.05) is 144 Å². The summed E-state index contributed by atoms with van der Waals surface area (Å²) in [6, 6.07) is 78.9. The van der Waals surface area contributed by atoms with Crippen LogP contribution in [0, 0.1) is 19.8 Å². The molecule has 0 aliphatic carbocycles. The number of aromatic nitrogens is 2. The van der Waals surface area contributed by atoms with Crippen molar-refractivity contribution in [2.45, 2.75) is 173 Å². The molecule has 5 aliphatic rings. The highest BCUT2D eigenvalue weighted by atomic mass is 19.4. The third-order valence-corrected chi connectivity index (χ3v) is 24.2. The number of piperidine rings is 5. The van der Waals surface area contributed by atoms with Crippen molar-refractivity contribution in [2.75, 3.05) is 81.4 Å². The molecule has 26 heteroatoms. The fourth-order valence-electron chi connectivity index (χ4n) is 16.8. The van der Waals surface area contributed by atoms with Crippen molar-refractivity contribution in [3.05, 3.63) is 333 Å². The molecule has 10 aromatic carbocycles. The van der Waals surface area contributed by atoms with E-state index in [0.717, 1.165) is 207 Å². The Bertz CT molecular complexity index is 5370. The number of hydrogen-bond acceptors (Lipinski definition) is 10. The average Bonchev–Trinajstić information content (AvgIpc) is 1.64. The van der Waals surface area contributed by atoms with Gasteiger partial charge in [-0.2, -0.15) is 26.3 Å². The second kappa shape index (κ2) is 47.5. The first kappa shape index (κ1) is 97.0. The van der Waals surface area contributed by atoms with E-state index in [2.05, 4.69) is 167 Å². The summed E-state index contributed by atoms with van der Waals surface area (Å²) in [5.41, 5.74) is 11.9. The number of aromatic amines is 1. The number of imidazole rings is 1. The van der Waals surface area contributed by atoms with Gasteiger partial charge in [-0.15, -0.1) is 0 Å². The third kappa shape index (κ3) is 31.4. The zero-order valence-electron chi connectivity index (χ0n) is 74.3. The molecule has 5 saturated heterocycles. The van der Waals surface area contributed by atoms with Crippen LogP contribution in [0.1, 0.15) is 161 Å². The predicted octanol–water partition coefficient (Wildman–Crippen LogP) is 21.4. The number of nitrogens with zero attached hydrogens (tertiary/aromatic N) is 6. The smallest absolute Gasteiger partial charge is 0.353 e. The normalized spacial score (nSPS) is 16.0. The first-order valence-electron chi connectivity index (χ1n) is 45.1. The van der Waals surface area contributed by atoms with E-state index in [4.69, 9.17) is 4.98 Å². The number of likely N-dealkylation sites (tertiary alicyclic amines) is 5. The number of H-pyrrole nitrogens is 1. The molecule has 16 rings (SSSR count). The number of nitrogens with one attached hydrogen (secondary N) is 7. The molecule has 0 spiro atoms. The molecule has 11 aromatic rings. The van der Waals surface area contributed by atoms with Gasteiger partial charge in [-0.1, -0.05) is 194 Å². The van der Waals surface area contributed by atoms with Crippen LogP contribution in [0.4, 0.5) is 61.8 Å². The predicted molar refractivity (Wildman–Crippen MR) is 498 cm³/mol. The molecular weight excluding hydrogens is 1660 g/mol. The van der Waals surface area contributed by atoms with E-state index in [9.17, 15) is 59.1 Å². The van der Waals surface area contributed by atoms with E-state index in [1.165, 1.54) is 58.1 Å². The van der Waals surface area contributed by atoms with Crippen LogP contribution in [0.15, 0.2) is 261 Å². The largest absolute Gasteiger partial charge is 0.416 e. The third-order valence-electron chi connectivity index (χ3n) is 24.2. The molecule has 18 nitrogen and oxygen atoms in total. The van der Waals surface area contributed by atoms with E-state index in [-0.39, 0.29) is 58.7 Å². The van der Waals surface area contributed by atoms with Gasteiger partial charge in [-0.25, -0.2) is 23.4 Å². The molecule has 0 bridgehead atoms. The van der Waals surface area contributed by atoms with Crippen LogP contribution in [-0.2, 0) is 66.9 Å². The van der Waals surface area contributed by atoms with Gasteiger partial charge in [0.15, 0.2) is 0 Å². The van der Waals surface area contributed by atoms with Gasteiger partial charge in [0.2, 0.25) is 11.8 Å². The molecular formula is C104H119F8N13O5. The molecule has 1 aromatic heterocycles. The Morgan fingerprint density at radius 1 is 0.385 bits per heavy atom. The van der Waals surface area contributed by atoms with Gasteiger partial charge in [-0.3, -0.25) is 34.0 Å². The first-order valence-corrected chi connectivity index (χ1v) is 45.1. The van der Waals surface area contributed by atoms with E-state index >= 15 is 0 Å². The van der Waals surface area contributed by atoms with Crippen molar-refractivity contribution in [1.29, 1.82) is 0 Å². The lowest BCUT2D eigenvalue weighted by atomic mass is 9.95. The molecule has 5 fully saturated rings. The van der Waals surface area contributed by atoms with Crippen LogP contribution in [0.2, 0.25) is 0 Å². The number of benzene rings is 10. The Morgan fingerprint density at radius 3 is 1.27 bits per heavy atom. The molecule has 7 N–H and O–H groups in total. The highest BCUT2D eigenvalue weighted by molar-refractivity contribution is 5.96. The number of carbonyl (C=O) groups is 5. The molecule has 6 heterocycles. The molecule has 7 amide bonds. The zero-order valence-corrected chi connectivity index (χ0v) is 74.3. The summed E-state index contributed by atoms with van der Waals surface area (Å²) in [4.78, 5) is 81.0. The molecule has 5 aliphatic heterocycles. The number of halogens is 8. The fourth-order valence-corrected chi connectivity index (χ4v) is 16.8. The lowest BCUT2D eigenvalue weighted by Crippen LogP contribution is -2.45. The van der Waals surface area contributed by atoms with Crippen LogP contribution in [-0.4, -0.2) is 148 Å². The summed E-state index contributed by atoms with van der Waals surface area (Å²) in [5, 5.41) is 17.1. The number of alkyl halides is 8. The van der Waals surface area contributed by atoms with Crippen molar-refractivity contribution in [1.82, 2.24) is 50.4 Å². The maximum atomic E-state index is 13.5. The van der Waals surface area contributed by atoms with E-state index in [0.29, 0.717) is 49.9 Å². The van der Waals surface area contributed by atoms with Crippen molar-refractivity contribution < 1.29 is 59.1 Å². The number of carbonyl (C=O) groups excluding carboxylic acids is 5. The number of hydrogen-bond donors (Lipinski definition) is 7. The molecule has 0 radical (unpaired) electrons. The molecule has 686 valence electrons. The summed E-state index contributed by atoms with van der Waals surface area (Å²) in [5.74, 6) is -1.86. The Kier molecular flexibility index (Phi) is 35.4. The number of para-hydroxylation sites is 1. The van der Waals surface area contributed by atoms with Crippen LogP contribution < -0.4 is 31.9 Å². The average molecular weight is 1780 g/mol. The topological polar surface area (TPSA) is 202 Å². The van der Waals surface area contributed by atoms with E-state index in [1.54, 1.807) is 17.0 Å². The van der Waals surface area contributed by atoms with Crippen molar-refractivity contribution in [2.24, 2.45) is 5.92 Å². The van der Waals surface area contributed by atoms with Crippen LogP contribution in [0.5, 0.6) is 0 Å². The van der Waals surface area contributed by atoms with Crippen LogP contribution in [0.3, 0.4) is 0 Å². The SMILES string of the molecule is CCc1ccc(C(=O)N2CCC(C(=O)Nc3cccc(C(F)(F)F)c3)CC2)cc1.Cc1ccc2nc(C3CCN(Cc4cccc(C(C)(F)F)c4)CC3)[nH]c2c1.Cc1cccc(CC(=O)NC2CCN(Cc3ccccc3)CC2)c1.O=C(Nc1cccc(C(F)(F)F)c1)NC1CCN(Cc2ccccc2)CC1.O=C(Nc1ccccc1)NC1CCN(Cc2ccccc2)CC1. The van der Waals surface area contributed by atoms with E-state index < -0.39 is 35.4 Å². The summed E-state index contributed by atoms with van der Waals surface area (Å²) in [6.07, 6.45) is 1.18. The van der Waals surface area contributed by atoms with Gasteiger partial charge in [0.05, 0.1) is 28.6 Å². The molecule has 130 heavy (non-hydrogen) atoms. The van der Waals surface area contributed by atoms with Gasteiger partial charge >= 0.3 is 24.4 Å². The van der Waals surface area contributed by atoms with Crippen molar-refractivity contribution in [3.8, 4) is 0 Å². The van der Waals surface area contributed by atoms with Crippen LogP contribution >= 0.6 is 0 Å². The monoisotopic (exact) mass is 1780 g/mol. The number of rotatable bonds is 21. The number of anilines is 3. The van der Waals surface area contributed by atoms with Crippen molar-refractivity contribution >= 4 is 57.9 Å². The number of aryl methyl sites for hydroxylation is 3. The molecule has 0 unspecified atom stereocenters. The second-order valence-electron chi connectivity index (χ2n) is 34.4. The van der Waals surface area contributed by atoms with E-state index in [1.807, 2.05) is 104 Å². The minimum Gasteiger partial charge on any atom is -0.353 e. The highest BCUT2D eigenvalue weighted by Gasteiger charge is 2.35. The van der Waals surface area contributed by atoms with Crippen LogP contribution in [0.25, 0.3) is 11.0 Å². The number of fused-ring (bicyclic) bond motifs is 1. The highest BCUT2D eigenvalue weighted by Crippen LogP contribution is 2.35. The summed E-state index contributed by atoms with van der Waals surface area (Å²) in [6.45, 7) is 19.4. The lowest BCUT2D eigenvalue weighted by molar-refractivity contribution is -0.138. The first-order chi connectivity index (χ1) is 62.5. The Labute approximate surface area is 757 Å². The zero-order chi connectivity index (χ0) is 92.0. The number of urea groups is 2. The maximum absolute atomic E-state index is 13.5. The quantitative estimate of drug-likeness (QED) is 0.0339. The minimum atomic E-state index is -4.46. The lowest BCUT2D eigenvalue weighted by Gasteiger charge is -2.32. The second-order valence-corrected chi connectivity index (χ2v) is 34.4. The number of amides is 7. The summed E-state index contributed by atoms with van der Waals surface area (Å²) in [7, 11) is 0.